The maximum absolute atomic E-state index is 12.8. The molecule has 2 aliphatic heterocycles. The van der Waals surface area contributed by atoms with E-state index in [0.717, 1.165) is 43.6 Å². The molecule has 1 saturated heterocycles. The van der Waals surface area contributed by atoms with E-state index in [1.165, 1.54) is 11.3 Å². The van der Waals surface area contributed by atoms with Crippen LogP contribution in [0.15, 0.2) is 48.5 Å². The maximum atomic E-state index is 12.8. The van der Waals surface area contributed by atoms with Crippen LogP contribution in [0.25, 0.3) is 0 Å². The maximum Gasteiger partial charge on any atom is 0.247 e. The third-order valence-electron chi connectivity index (χ3n) is 5.76. The Morgan fingerprint density at radius 3 is 2.61 bits per heavy atom. The number of carbonyl (C=O) groups is 2. The molecule has 0 bridgehead atoms. The molecule has 2 aromatic carbocycles. The van der Waals surface area contributed by atoms with Gasteiger partial charge in [0.05, 0.1) is 0 Å². The van der Waals surface area contributed by atoms with Crippen LogP contribution in [0.3, 0.4) is 0 Å². The molecule has 5 heteroatoms. The van der Waals surface area contributed by atoms with Gasteiger partial charge in [0.2, 0.25) is 11.8 Å². The van der Waals surface area contributed by atoms with E-state index in [-0.39, 0.29) is 17.9 Å². The summed E-state index contributed by atoms with van der Waals surface area (Å²) < 4.78 is 0. The molecule has 1 unspecified atom stereocenters. The molecule has 4 rings (SSSR count). The molecule has 2 amide bonds. The zero-order valence-corrected chi connectivity index (χ0v) is 16.4. The van der Waals surface area contributed by atoms with Crippen LogP contribution in [-0.4, -0.2) is 35.8 Å². The van der Waals surface area contributed by atoms with Crippen LogP contribution in [0, 0.1) is 0 Å². The fourth-order valence-corrected chi connectivity index (χ4v) is 4.26. The number of carbonyl (C=O) groups excluding carboxylic acids is 2. The molecule has 0 spiro atoms. The Morgan fingerprint density at radius 2 is 1.82 bits per heavy atom. The lowest BCUT2D eigenvalue weighted by atomic mass is 10.0. The molecule has 0 aromatic heterocycles. The third-order valence-corrected chi connectivity index (χ3v) is 5.76. The largest absolute Gasteiger partial charge is 0.341 e. The van der Waals surface area contributed by atoms with Crippen molar-refractivity contribution in [3.05, 3.63) is 54.1 Å². The number of hydrogen-bond donors (Lipinski definition) is 1. The first-order chi connectivity index (χ1) is 13.7. The van der Waals surface area contributed by atoms with Gasteiger partial charge in [0.25, 0.3) is 0 Å². The van der Waals surface area contributed by atoms with Crippen LogP contribution >= 0.6 is 0 Å². The highest BCUT2D eigenvalue weighted by Gasteiger charge is 2.31. The average Bonchev–Trinajstić information content (AvgIpc) is 3.18. The molecule has 1 fully saturated rings. The highest BCUT2D eigenvalue weighted by Crippen LogP contribution is 2.34. The first kappa shape index (κ1) is 18.5. The summed E-state index contributed by atoms with van der Waals surface area (Å²) in [5.41, 5.74) is 4.53. The van der Waals surface area contributed by atoms with Crippen molar-refractivity contribution >= 4 is 28.9 Å². The Bertz CT molecular complexity index is 862. The number of fused-ring (bicyclic) bond motifs is 1. The number of nitrogens with zero attached hydrogens (tertiary/aromatic N) is 2. The van der Waals surface area contributed by atoms with Crippen molar-refractivity contribution in [1.29, 1.82) is 0 Å². The third kappa shape index (κ3) is 3.61. The van der Waals surface area contributed by atoms with Crippen molar-refractivity contribution in [3.63, 3.8) is 0 Å². The van der Waals surface area contributed by atoms with Crippen molar-refractivity contribution in [2.45, 2.75) is 45.1 Å². The van der Waals surface area contributed by atoms with Gasteiger partial charge >= 0.3 is 0 Å². The van der Waals surface area contributed by atoms with E-state index in [1.54, 1.807) is 4.90 Å². The zero-order chi connectivity index (χ0) is 19.5. The van der Waals surface area contributed by atoms with Crippen molar-refractivity contribution in [3.8, 4) is 0 Å². The number of nitrogens with one attached hydrogen (secondary N) is 1. The molecule has 2 aromatic rings. The summed E-state index contributed by atoms with van der Waals surface area (Å²) in [6.07, 6.45) is 4.19. The Labute approximate surface area is 166 Å². The second-order valence-electron chi connectivity index (χ2n) is 7.52. The second kappa shape index (κ2) is 8.05. The van der Waals surface area contributed by atoms with Crippen molar-refractivity contribution < 1.29 is 9.59 Å². The van der Waals surface area contributed by atoms with E-state index in [2.05, 4.69) is 34.5 Å². The lowest BCUT2D eigenvalue weighted by Crippen LogP contribution is -2.49. The average molecular weight is 377 g/mol. The Balaban J connectivity index is 1.45. The first-order valence-electron chi connectivity index (χ1n) is 10.2. The van der Waals surface area contributed by atoms with Gasteiger partial charge in [-0.3, -0.25) is 9.59 Å². The smallest absolute Gasteiger partial charge is 0.247 e. The highest BCUT2D eigenvalue weighted by molar-refractivity contribution is 5.97. The normalized spacial score (nSPS) is 18.7. The minimum absolute atomic E-state index is 0.0582. The van der Waals surface area contributed by atoms with E-state index in [4.69, 9.17) is 0 Å². The molecule has 2 aliphatic rings. The molecule has 0 saturated carbocycles. The molecular formula is C23H27N3O2. The molecule has 5 nitrogen and oxygen atoms in total. The summed E-state index contributed by atoms with van der Waals surface area (Å²) in [5.74, 6) is -0.0244. The van der Waals surface area contributed by atoms with Crippen LogP contribution in [-0.2, 0) is 16.0 Å². The summed E-state index contributed by atoms with van der Waals surface area (Å²) >= 11 is 0. The molecule has 146 valence electrons. The fourth-order valence-electron chi connectivity index (χ4n) is 4.26. The summed E-state index contributed by atoms with van der Waals surface area (Å²) in [4.78, 5) is 29.0. The van der Waals surface area contributed by atoms with Crippen molar-refractivity contribution in [2.24, 2.45) is 0 Å². The molecule has 28 heavy (non-hydrogen) atoms. The Morgan fingerprint density at radius 1 is 1.04 bits per heavy atom. The summed E-state index contributed by atoms with van der Waals surface area (Å²) in [7, 11) is 0. The molecule has 1 atom stereocenters. The fraction of sp³-hybridized carbons (Fsp3) is 0.391. The van der Waals surface area contributed by atoms with Crippen LogP contribution in [0.2, 0.25) is 0 Å². The van der Waals surface area contributed by atoms with Crippen LogP contribution in [0.1, 0.15) is 38.2 Å². The molecule has 2 heterocycles. The van der Waals surface area contributed by atoms with Gasteiger partial charge in [-0.1, -0.05) is 25.1 Å². The van der Waals surface area contributed by atoms with Gasteiger partial charge in [-0.05, 0) is 61.6 Å². The minimum Gasteiger partial charge on any atom is -0.341 e. The van der Waals surface area contributed by atoms with Crippen LogP contribution in [0.5, 0.6) is 0 Å². The zero-order valence-electron chi connectivity index (χ0n) is 16.4. The number of amides is 2. The lowest BCUT2D eigenvalue weighted by molar-refractivity contribution is -0.140. The molecule has 0 aliphatic carbocycles. The number of benzene rings is 2. The van der Waals surface area contributed by atoms with E-state index in [1.807, 2.05) is 31.2 Å². The van der Waals surface area contributed by atoms with Gasteiger partial charge in [-0.15, -0.1) is 0 Å². The van der Waals surface area contributed by atoms with Gasteiger partial charge < -0.3 is 15.1 Å². The van der Waals surface area contributed by atoms with E-state index >= 15 is 0 Å². The lowest BCUT2D eigenvalue weighted by Gasteiger charge is -2.34. The van der Waals surface area contributed by atoms with Gasteiger partial charge in [-0.2, -0.15) is 0 Å². The number of likely N-dealkylation sites (tertiary alicyclic amines) is 1. The highest BCUT2D eigenvalue weighted by atomic mass is 16.2. The quantitative estimate of drug-likeness (QED) is 0.872. The van der Waals surface area contributed by atoms with E-state index in [0.29, 0.717) is 13.0 Å². The van der Waals surface area contributed by atoms with Gasteiger partial charge in [0.15, 0.2) is 0 Å². The number of hydrogen-bond acceptors (Lipinski definition) is 3. The van der Waals surface area contributed by atoms with Gasteiger partial charge in [-0.25, -0.2) is 0 Å². The topological polar surface area (TPSA) is 52.7 Å². The van der Waals surface area contributed by atoms with Crippen LogP contribution in [0.4, 0.5) is 17.1 Å². The standard InChI is InChI=1S/C23H27N3O2/c1-2-22(27)26-15-6-5-9-21(26)23(28)24-18-10-12-19(13-11-18)25-16-14-17-7-3-4-8-20(17)25/h3-4,7-8,10-13,21H,2,5-6,9,14-16H2,1H3,(H,24,28). The Kier molecular flexibility index (Phi) is 5.33. The summed E-state index contributed by atoms with van der Waals surface area (Å²) in [6.45, 7) is 3.50. The summed E-state index contributed by atoms with van der Waals surface area (Å²) in [6, 6.07) is 16.1. The number of anilines is 3. The first-order valence-corrected chi connectivity index (χ1v) is 10.2. The summed E-state index contributed by atoms with van der Waals surface area (Å²) in [5, 5.41) is 3.01. The van der Waals surface area contributed by atoms with E-state index < -0.39 is 0 Å². The van der Waals surface area contributed by atoms with Gasteiger partial charge in [0, 0.05) is 36.6 Å². The number of piperidine rings is 1. The number of rotatable bonds is 4. The number of para-hydroxylation sites is 1. The van der Waals surface area contributed by atoms with Crippen molar-refractivity contribution in [2.75, 3.05) is 23.3 Å². The molecule has 0 radical (unpaired) electrons. The molecule has 1 N–H and O–H groups in total. The molecular weight excluding hydrogens is 350 g/mol. The minimum atomic E-state index is -0.355. The van der Waals surface area contributed by atoms with Gasteiger partial charge in [0.1, 0.15) is 6.04 Å². The Hall–Kier alpha value is -2.82. The van der Waals surface area contributed by atoms with E-state index in [9.17, 15) is 9.59 Å². The van der Waals surface area contributed by atoms with Crippen LogP contribution < -0.4 is 10.2 Å². The SMILES string of the molecule is CCC(=O)N1CCCCC1C(=O)Nc1ccc(N2CCc3ccccc32)cc1. The predicted octanol–water partition coefficient (Wildman–Crippen LogP) is 4.11. The van der Waals surface area contributed by atoms with Crippen molar-refractivity contribution in [1.82, 2.24) is 4.90 Å². The monoisotopic (exact) mass is 377 g/mol. The second-order valence-corrected chi connectivity index (χ2v) is 7.52. The predicted molar refractivity (Wildman–Crippen MR) is 112 cm³/mol.